The SMILES string of the molecule is Cn1nccc1C(O)C1CCCC(S(C)(=O)=O)C1. The number of sulfone groups is 1. The Labute approximate surface area is 108 Å². The third-order valence-electron chi connectivity index (χ3n) is 3.88. The molecule has 0 bridgehead atoms. The molecule has 3 unspecified atom stereocenters. The zero-order valence-electron chi connectivity index (χ0n) is 10.8. The number of aryl methyl sites for hydroxylation is 1. The molecule has 102 valence electrons. The van der Waals surface area contributed by atoms with Crippen LogP contribution in [0.5, 0.6) is 0 Å². The van der Waals surface area contributed by atoms with E-state index in [9.17, 15) is 13.5 Å². The molecule has 0 aliphatic heterocycles. The Morgan fingerprint density at radius 2 is 2.22 bits per heavy atom. The predicted molar refractivity (Wildman–Crippen MR) is 68.8 cm³/mol. The number of hydrogen-bond acceptors (Lipinski definition) is 4. The van der Waals surface area contributed by atoms with Gasteiger partial charge in [0.1, 0.15) is 9.84 Å². The van der Waals surface area contributed by atoms with E-state index in [1.54, 1.807) is 24.0 Å². The van der Waals surface area contributed by atoms with Gasteiger partial charge in [0.2, 0.25) is 0 Å². The van der Waals surface area contributed by atoms with E-state index in [2.05, 4.69) is 5.10 Å². The lowest BCUT2D eigenvalue weighted by molar-refractivity contribution is 0.0786. The molecule has 1 aromatic rings. The van der Waals surface area contributed by atoms with Crippen molar-refractivity contribution in [1.29, 1.82) is 0 Å². The van der Waals surface area contributed by atoms with Crippen LogP contribution in [-0.4, -0.2) is 34.8 Å². The van der Waals surface area contributed by atoms with E-state index in [0.29, 0.717) is 12.8 Å². The van der Waals surface area contributed by atoms with Crippen molar-refractivity contribution in [1.82, 2.24) is 9.78 Å². The monoisotopic (exact) mass is 272 g/mol. The second-order valence-electron chi connectivity index (χ2n) is 5.20. The third kappa shape index (κ3) is 2.75. The molecule has 0 saturated heterocycles. The Bertz CT molecular complexity index is 509. The van der Waals surface area contributed by atoms with Crippen LogP contribution in [0.1, 0.15) is 37.5 Å². The lowest BCUT2D eigenvalue weighted by Crippen LogP contribution is -2.30. The van der Waals surface area contributed by atoms with Gasteiger partial charge in [-0.2, -0.15) is 5.10 Å². The summed E-state index contributed by atoms with van der Waals surface area (Å²) in [4.78, 5) is 0. The van der Waals surface area contributed by atoms with Crippen LogP contribution >= 0.6 is 0 Å². The maximum absolute atomic E-state index is 11.6. The molecule has 1 aliphatic rings. The summed E-state index contributed by atoms with van der Waals surface area (Å²) in [5.74, 6) is 0.00822. The van der Waals surface area contributed by atoms with Gasteiger partial charge in [-0.05, 0) is 31.2 Å². The zero-order chi connectivity index (χ0) is 13.3. The molecule has 0 radical (unpaired) electrons. The third-order valence-corrected chi connectivity index (χ3v) is 5.52. The molecule has 1 aromatic heterocycles. The quantitative estimate of drug-likeness (QED) is 0.893. The molecule has 1 fully saturated rings. The van der Waals surface area contributed by atoms with E-state index in [1.807, 2.05) is 0 Å². The van der Waals surface area contributed by atoms with Crippen molar-refractivity contribution in [2.24, 2.45) is 13.0 Å². The van der Waals surface area contributed by atoms with E-state index >= 15 is 0 Å². The summed E-state index contributed by atoms with van der Waals surface area (Å²) in [6.07, 6.45) is 5.31. The Balaban J connectivity index is 2.12. The van der Waals surface area contributed by atoms with Gasteiger partial charge < -0.3 is 5.11 Å². The van der Waals surface area contributed by atoms with Crippen molar-refractivity contribution in [3.63, 3.8) is 0 Å². The molecule has 0 spiro atoms. The van der Waals surface area contributed by atoms with Gasteiger partial charge in [-0.15, -0.1) is 0 Å². The number of nitrogens with zero attached hydrogens (tertiary/aromatic N) is 2. The minimum atomic E-state index is -3.00. The molecular weight excluding hydrogens is 252 g/mol. The maximum atomic E-state index is 11.6. The first kappa shape index (κ1) is 13.5. The molecule has 1 heterocycles. The van der Waals surface area contributed by atoms with Crippen molar-refractivity contribution in [3.05, 3.63) is 18.0 Å². The molecule has 0 amide bonds. The highest BCUT2D eigenvalue weighted by Crippen LogP contribution is 2.36. The molecule has 18 heavy (non-hydrogen) atoms. The minimum absolute atomic E-state index is 0.00822. The molecule has 1 N–H and O–H groups in total. The summed E-state index contributed by atoms with van der Waals surface area (Å²) >= 11 is 0. The smallest absolute Gasteiger partial charge is 0.150 e. The van der Waals surface area contributed by atoms with Crippen LogP contribution in [-0.2, 0) is 16.9 Å². The molecule has 5 nitrogen and oxygen atoms in total. The van der Waals surface area contributed by atoms with Gasteiger partial charge in [0, 0.05) is 19.5 Å². The number of hydrogen-bond donors (Lipinski definition) is 1. The molecule has 1 saturated carbocycles. The summed E-state index contributed by atoms with van der Waals surface area (Å²) in [6.45, 7) is 0. The van der Waals surface area contributed by atoms with Crippen LogP contribution in [0.2, 0.25) is 0 Å². The Morgan fingerprint density at radius 3 is 2.78 bits per heavy atom. The first-order valence-corrected chi connectivity index (χ1v) is 8.20. The van der Waals surface area contributed by atoms with Crippen LogP contribution < -0.4 is 0 Å². The minimum Gasteiger partial charge on any atom is -0.387 e. The van der Waals surface area contributed by atoms with Crippen molar-refractivity contribution >= 4 is 9.84 Å². The molecule has 3 atom stereocenters. The van der Waals surface area contributed by atoms with Gasteiger partial charge in [-0.3, -0.25) is 4.68 Å². The fraction of sp³-hybridized carbons (Fsp3) is 0.750. The largest absolute Gasteiger partial charge is 0.387 e. The standard InChI is InChI=1S/C12H20N2O3S/c1-14-11(6-7-13-14)12(15)9-4-3-5-10(8-9)18(2,16)17/h6-7,9-10,12,15H,3-5,8H2,1-2H3. The highest BCUT2D eigenvalue weighted by molar-refractivity contribution is 7.91. The van der Waals surface area contributed by atoms with E-state index in [0.717, 1.165) is 18.5 Å². The van der Waals surface area contributed by atoms with Gasteiger partial charge in [0.05, 0.1) is 17.0 Å². The van der Waals surface area contributed by atoms with Gasteiger partial charge in [-0.25, -0.2) is 8.42 Å². The average molecular weight is 272 g/mol. The molecule has 0 aromatic carbocycles. The Kier molecular flexibility index (Phi) is 3.77. The van der Waals surface area contributed by atoms with Gasteiger partial charge >= 0.3 is 0 Å². The Morgan fingerprint density at radius 1 is 1.50 bits per heavy atom. The second kappa shape index (κ2) is 5.01. The normalized spacial score (nSPS) is 27.1. The lowest BCUT2D eigenvalue weighted by Gasteiger charge is -2.31. The van der Waals surface area contributed by atoms with Crippen molar-refractivity contribution in [2.45, 2.75) is 37.0 Å². The fourth-order valence-corrected chi connectivity index (χ4v) is 3.96. The zero-order valence-corrected chi connectivity index (χ0v) is 11.6. The molecule has 1 aliphatic carbocycles. The highest BCUT2D eigenvalue weighted by atomic mass is 32.2. The summed E-state index contributed by atoms with van der Waals surface area (Å²) in [5.41, 5.74) is 0.758. The second-order valence-corrected chi connectivity index (χ2v) is 7.53. The number of aromatic nitrogens is 2. The van der Waals surface area contributed by atoms with Gasteiger partial charge in [0.15, 0.2) is 0 Å². The molecule has 2 rings (SSSR count). The van der Waals surface area contributed by atoms with Crippen LogP contribution in [0.3, 0.4) is 0 Å². The number of rotatable bonds is 3. The average Bonchev–Trinajstić information content (AvgIpc) is 2.73. The van der Waals surface area contributed by atoms with Crippen LogP contribution in [0.4, 0.5) is 0 Å². The summed E-state index contributed by atoms with van der Waals surface area (Å²) in [7, 11) is -1.22. The molecule has 6 heteroatoms. The number of aliphatic hydroxyl groups is 1. The fourth-order valence-electron chi connectivity index (χ4n) is 2.77. The van der Waals surface area contributed by atoms with Gasteiger partial charge in [-0.1, -0.05) is 6.42 Å². The highest BCUT2D eigenvalue weighted by Gasteiger charge is 2.33. The van der Waals surface area contributed by atoms with Crippen LogP contribution in [0.15, 0.2) is 12.3 Å². The van der Waals surface area contributed by atoms with E-state index in [4.69, 9.17) is 0 Å². The van der Waals surface area contributed by atoms with Crippen molar-refractivity contribution in [2.75, 3.05) is 6.26 Å². The van der Waals surface area contributed by atoms with Crippen molar-refractivity contribution in [3.8, 4) is 0 Å². The summed E-state index contributed by atoms with van der Waals surface area (Å²) in [5, 5.41) is 14.1. The predicted octanol–water partition coefficient (Wildman–Crippen LogP) is 1.06. The number of aliphatic hydroxyl groups excluding tert-OH is 1. The van der Waals surface area contributed by atoms with Crippen molar-refractivity contribution < 1.29 is 13.5 Å². The van der Waals surface area contributed by atoms with E-state index in [1.165, 1.54) is 6.26 Å². The molecular formula is C12H20N2O3S. The van der Waals surface area contributed by atoms with Gasteiger partial charge in [0.25, 0.3) is 0 Å². The van der Waals surface area contributed by atoms with E-state index < -0.39 is 15.9 Å². The first-order valence-electron chi connectivity index (χ1n) is 6.24. The van der Waals surface area contributed by atoms with Crippen LogP contribution in [0.25, 0.3) is 0 Å². The Hall–Kier alpha value is -0.880. The lowest BCUT2D eigenvalue weighted by atomic mass is 9.84. The summed E-state index contributed by atoms with van der Waals surface area (Å²) < 4.78 is 24.9. The summed E-state index contributed by atoms with van der Waals surface area (Å²) in [6, 6.07) is 1.79. The topological polar surface area (TPSA) is 72.2 Å². The first-order chi connectivity index (χ1) is 8.39. The maximum Gasteiger partial charge on any atom is 0.150 e. The van der Waals surface area contributed by atoms with E-state index in [-0.39, 0.29) is 11.2 Å². The van der Waals surface area contributed by atoms with Crippen LogP contribution in [0, 0.1) is 5.92 Å².